The summed E-state index contributed by atoms with van der Waals surface area (Å²) < 4.78 is 0.987. The van der Waals surface area contributed by atoms with Gasteiger partial charge in [-0.05, 0) is 51.8 Å². The third-order valence-electron chi connectivity index (χ3n) is 2.21. The highest BCUT2D eigenvalue weighted by molar-refractivity contribution is 9.10. The fourth-order valence-corrected chi connectivity index (χ4v) is 1.71. The highest BCUT2D eigenvalue weighted by atomic mass is 79.9. The van der Waals surface area contributed by atoms with Crippen LogP contribution in [0.1, 0.15) is 5.56 Å². The molecule has 1 aromatic heterocycles. The van der Waals surface area contributed by atoms with Gasteiger partial charge in [-0.15, -0.1) is 0 Å². The number of anilines is 1. The first-order valence-corrected chi connectivity index (χ1v) is 5.66. The van der Waals surface area contributed by atoms with Gasteiger partial charge in [0.05, 0.1) is 0 Å². The second-order valence-corrected chi connectivity index (χ2v) is 4.22. The number of nitrogens with zero attached hydrogens (tertiary/aromatic N) is 1. The number of pyridine rings is 1. The number of rotatable bonds is 3. The molecule has 0 unspecified atom stereocenters. The molecule has 0 aliphatic carbocycles. The average Bonchev–Trinajstić information content (AvgIpc) is 2.30. The Morgan fingerprint density at radius 1 is 1.19 bits per heavy atom. The van der Waals surface area contributed by atoms with Crippen LogP contribution in [0.4, 0.5) is 5.69 Å². The van der Waals surface area contributed by atoms with Gasteiger partial charge in [-0.2, -0.15) is 0 Å². The number of aromatic nitrogens is 1. The zero-order valence-electron chi connectivity index (χ0n) is 8.52. The van der Waals surface area contributed by atoms with E-state index in [-0.39, 0.29) is 5.75 Å². The van der Waals surface area contributed by atoms with Crippen LogP contribution in [0.2, 0.25) is 0 Å². The molecule has 0 aliphatic heterocycles. The summed E-state index contributed by atoms with van der Waals surface area (Å²) in [5, 5.41) is 12.4. The summed E-state index contributed by atoms with van der Waals surface area (Å²) in [6.07, 6.45) is 3.53. The molecule has 16 heavy (non-hydrogen) atoms. The second-order valence-electron chi connectivity index (χ2n) is 3.37. The molecule has 0 fully saturated rings. The van der Waals surface area contributed by atoms with Gasteiger partial charge < -0.3 is 10.4 Å². The largest absolute Gasteiger partial charge is 0.508 e. The topological polar surface area (TPSA) is 45.1 Å². The maximum Gasteiger partial charge on any atom is 0.115 e. The average molecular weight is 279 g/mol. The number of nitrogens with one attached hydrogen (secondary N) is 1. The second kappa shape index (κ2) is 4.99. The SMILES string of the molecule is Oc1ccc(NCc2ccncc2Br)cc1. The van der Waals surface area contributed by atoms with Crippen molar-refractivity contribution in [2.24, 2.45) is 0 Å². The molecule has 2 aromatic rings. The molecule has 0 bridgehead atoms. The Balaban J connectivity index is 2.02. The summed E-state index contributed by atoms with van der Waals surface area (Å²) in [5.41, 5.74) is 2.12. The Morgan fingerprint density at radius 2 is 1.94 bits per heavy atom. The van der Waals surface area contributed by atoms with E-state index in [4.69, 9.17) is 5.11 Å². The molecule has 0 atom stereocenters. The van der Waals surface area contributed by atoms with Crippen molar-refractivity contribution in [3.63, 3.8) is 0 Å². The molecule has 4 heteroatoms. The number of phenols is 1. The maximum atomic E-state index is 9.14. The Kier molecular flexibility index (Phi) is 3.41. The normalized spacial score (nSPS) is 10.1. The minimum atomic E-state index is 0.274. The van der Waals surface area contributed by atoms with Crippen LogP contribution >= 0.6 is 15.9 Å². The molecule has 1 heterocycles. The van der Waals surface area contributed by atoms with Gasteiger partial charge >= 0.3 is 0 Å². The van der Waals surface area contributed by atoms with Gasteiger partial charge in [0.15, 0.2) is 0 Å². The van der Waals surface area contributed by atoms with Crippen LogP contribution < -0.4 is 5.32 Å². The molecule has 0 spiro atoms. The molecule has 0 amide bonds. The van der Waals surface area contributed by atoms with E-state index < -0.39 is 0 Å². The first-order valence-electron chi connectivity index (χ1n) is 4.87. The number of halogens is 1. The van der Waals surface area contributed by atoms with E-state index in [2.05, 4.69) is 26.2 Å². The molecular formula is C12H11BrN2O. The molecule has 0 aliphatic rings. The molecular weight excluding hydrogens is 268 g/mol. The lowest BCUT2D eigenvalue weighted by molar-refractivity contribution is 0.475. The van der Waals surface area contributed by atoms with E-state index in [0.29, 0.717) is 6.54 Å². The molecule has 1 aromatic carbocycles. The van der Waals surface area contributed by atoms with E-state index >= 15 is 0 Å². The van der Waals surface area contributed by atoms with Gasteiger partial charge in [0.25, 0.3) is 0 Å². The predicted octanol–water partition coefficient (Wildman–Crippen LogP) is 3.16. The first kappa shape index (κ1) is 11.0. The van der Waals surface area contributed by atoms with Crippen LogP contribution in [-0.2, 0) is 6.54 Å². The van der Waals surface area contributed by atoms with Gasteiger partial charge in [0, 0.05) is 29.1 Å². The summed E-state index contributed by atoms with van der Waals surface area (Å²) in [4.78, 5) is 4.00. The van der Waals surface area contributed by atoms with Crippen molar-refractivity contribution in [2.45, 2.75) is 6.54 Å². The van der Waals surface area contributed by atoms with Gasteiger partial charge in [-0.25, -0.2) is 0 Å². The first-order chi connectivity index (χ1) is 7.75. The fraction of sp³-hybridized carbons (Fsp3) is 0.0833. The summed E-state index contributed by atoms with van der Waals surface area (Å²) in [5.74, 6) is 0.274. The molecule has 82 valence electrons. The Hall–Kier alpha value is -1.55. The van der Waals surface area contributed by atoms with Crippen LogP contribution in [0.15, 0.2) is 47.2 Å². The fourth-order valence-electron chi connectivity index (χ4n) is 1.32. The summed E-state index contributed by atoms with van der Waals surface area (Å²) >= 11 is 3.44. The van der Waals surface area contributed by atoms with Crippen molar-refractivity contribution in [2.75, 3.05) is 5.32 Å². The Bertz CT molecular complexity index is 471. The predicted molar refractivity (Wildman–Crippen MR) is 67.4 cm³/mol. The minimum Gasteiger partial charge on any atom is -0.508 e. The molecule has 0 saturated carbocycles. The van der Waals surface area contributed by atoms with Crippen molar-refractivity contribution < 1.29 is 5.11 Å². The van der Waals surface area contributed by atoms with Crippen molar-refractivity contribution in [3.8, 4) is 5.75 Å². The molecule has 0 saturated heterocycles. The lowest BCUT2D eigenvalue weighted by Crippen LogP contribution is -1.99. The van der Waals surface area contributed by atoms with Crippen molar-refractivity contribution in [3.05, 3.63) is 52.8 Å². The third-order valence-corrected chi connectivity index (χ3v) is 2.92. The molecule has 2 N–H and O–H groups in total. The quantitative estimate of drug-likeness (QED) is 0.848. The van der Waals surface area contributed by atoms with Gasteiger partial charge in [-0.3, -0.25) is 4.98 Å². The highest BCUT2D eigenvalue weighted by Crippen LogP contribution is 2.18. The van der Waals surface area contributed by atoms with Gasteiger partial charge in [0.1, 0.15) is 5.75 Å². The lowest BCUT2D eigenvalue weighted by Gasteiger charge is -2.07. The van der Waals surface area contributed by atoms with E-state index in [0.717, 1.165) is 15.7 Å². The standard InChI is InChI=1S/C12H11BrN2O/c13-12-8-14-6-5-9(12)7-15-10-1-3-11(16)4-2-10/h1-6,8,15-16H,7H2. The highest BCUT2D eigenvalue weighted by Gasteiger charge is 1.98. The summed E-state index contributed by atoms with van der Waals surface area (Å²) in [7, 11) is 0. The zero-order chi connectivity index (χ0) is 11.4. The van der Waals surface area contributed by atoms with Crippen LogP contribution in [0.3, 0.4) is 0 Å². The van der Waals surface area contributed by atoms with E-state index in [9.17, 15) is 0 Å². The number of aromatic hydroxyl groups is 1. The van der Waals surface area contributed by atoms with Crippen LogP contribution in [0, 0.1) is 0 Å². The maximum absolute atomic E-state index is 9.14. The van der Waals surface area contributed by atoms with Gasteiger partial charge in [0.2, 0.25) is 0 Å². The number of hydrogen-bond donors (Lipinski definition) is 2. The molecule has 2 rings (SSSR count). The van der Waals surface area contributed by atoms with Crippen molar-refractivity contribution >= 4 is 21.6 Å². The summed E-state index contributed by atoms with van der Waals surface area (Å²) in [6.45, 7) is 0.716. The third kappa shape index (κ3) is 2.73. The number of phenolic OH excluding ortho intramolecular Hbond substituents is 1. The van der Waals surface area contributed by atoms with E-state index in [1.165, 1.54) is 0 Å². The van der Waals surface area contributed by atoms with Crippen LogP contribution in [0.25, 0.3) is 0 Å². The summed E-state index contributed by atoms with van der Waals surface area (Å²) in [6, 6.07) is 8.94. The van der Waals surface area contributed by atoms with E-state index in [1.807, 2.05) is 18.2 Å². The van der Waals surface area contributed by atoms with Crippen molar-refractivity contribution in [1.29, 1.82) is 0 Å². The smallest absolute Gasteiger partial charge is 0.115 e. The monoisotopic (exact) mass is 278 g/mol. The number of hydrogen-bond acceptors (Lipinski definition) is 3. The Morgan fingerprint density at radius 3 is 2.62 bits per heavy atom. The molecule has 0 radical (unpaired) electrons. The number of benzene rings is 1. The van der Waals surface area contributed by atoms with Crippen LogP contribution in [0.5, 0.6) is 5.75 Å². The van der Waals surface area contributed by atoms with Gasteiger partial charge in [-0.1, -0.05) is 0 Å². The van der Waals surface area contributed by atoms with E-state index in [1.54, 1.807) is 24.5 Å². The lowest BCUT2D eigenvalue weighted by atomic mass is 10.2. The van der Waals surface area contributed by atoms with Crippen molar-refractivity contribution in [1.82, 2.24) is 4.98 Å². The Labute approximate surface area is 102 Å². The molecule has 3 nitrogen and oxygen atoms in total. The van der Waals surface area contributed by atoms with Crippen LogP contribution in [-0.4, -0.2) is 10.1 Å². The zero-order valence-corrected chi connectivity index (χ0v) is 10.1. The minimum absolute atomic E-state index is 0.274.